The molecule has 0 amide bonds. The highest BCUT2D eigenvalue weighted by Gasteiger charge is 2.16. The number of rotatable bonds is 6. The van der Waals surface area contributed by atoms with Crippen LogP contribution in [0.25, 0.3) is 0 Å². The van der Waals surface area contributed by atoms with Gasteiger partial charge >= 0.3 is 0 Å². The maximum Gasteiger partial charge on any atom is 0.240 e. The molecule has 1 saturated heterocycles. The molecule has 0 atom stereocenters. The van der Waals surface area contributed by atoms with E-state index >= 15 is 0 Å². The molecule has 0 saturated carbocycles. The number of halogens is 3. The van der Waals surface area contributed by atoms with Crippen LogP contribution in [0.2, 0.25) is 5.02 Å². The van der Waals surface area contributed by atoms with Crippen LogP contribution in [0.5, 0.6) is 0 Å². The molecule has 10 heteroatoms. The minimum absolute atomic E-state index is 0. The monoisotopic (exact) mass is 414 g/mol. The zero-order valence-electron chi connectivity index (χ0n) is 13.0. The molecule has 1 heterocycles. The third-order valence-electron chi connectivity index (χ3n) is 3.52. The lowest BCUT2D eigenvalue weighted by Gasteiger charge is -2.27. The molecule has 1 aliphatic heterocycles. The van der Waals surface area contributed by atoms with Gasteiger partial charge < -0.3 is 10.2 Å². The molecule has 136 valence electrons. The fourth-order valence-corrected chi connectivity index (χ4v) is 3.54. The van der Waals surface area contributed by atoms with Crippen molar-refractivity contribution in [1.29, 1.82) is 5.26 Å². The Bertz CT molecular complexity index is 658. The van der Waals surface area contributed by atoms with Crippen LogP contribution < -0.4 is 10.0 Å². The van der Waals surface area contributed by atoms with Gasteiger partial charge in [-0.1, -0.05) is 11.6 Å². The number of benzene rings is 1. The lowest BCUT2D eigenvalue weighted by molar-refractivity contribution is 0.239. The summed E-state index contributed by atoms with van der Waals surface area (Å²) in [6.07, 6.45) is 0.748. The molecule has 0 unspecified atom stereocenters. The van der Waals surface area contributed by atoms with Gasteiger partial charge in [0.05, 0.1) is 15.5 Å². The Morgan fingerprint density at radius 3 is 2.58 bits per heavy atom. The standard InChI is InChI=1S/C14H19ClN4O2S.2ClH/c15-14-3-2-13(10-12(14)11-16)22(20,21)18-4-1-7-19-8-5-17-6-9-19;;/h2-3,10,17-18H,1,4-9H2;2*1H. The maximum atomic E-state index is 12.2. The molecule has 1 aromatic rings. The van der Waals surface area contributed by atoms with Crippen LogP contribution in [0.15, 0.2) is 23.1 Å². The van der Waals surface area contributed by atoms with Crippen LogP contribution in [0.3, 0.4) is 0 Å². The van der Waals surface area contributed by atoms with E-state index in [0.717, 1.165) is 39.1 Å². The van der Waals surface area contributed by atoms with Crippen LogP contribution in [0.1, 0.15) is 12.0 Å². The number of hydrogen-bond acceptors (Lipinski definition) is 5. The molecule has 24 heavy (non-hydrogen) atoms. The molecule has 2 rings (SSSR count). The third kappa shape index (κ3) is 6.73. The molecular weight excluding hydrogens is 395 g/mol. The van der Waals surface area contributed by atoms with Gasteiger partial charge in [0, 0.05) is 32.7 Å². The summed E-state index contributed by atoms with van der Waals surface area (Å²) in [6.45, 7) is 5.19. The van der Waals surface area contributed by atoms with Crippen molar-refractivity contribution in [2.45, 2.75) is 11.3 Å². The number of nitrogens with one attached hydrogen (secondary N) is 2. The number of hydrogen-bond donors (Lipinski definition) is 2. The van der Waals surface area contributed by atoms with E-state index in [9.17, 15) is 8.42 Å². The summed E-state index contributed by atoms with van der Waals surface area (Å²) in [5.41, 5.74) is 0.158. The van der Waals surface area contributed by atoms with E-state index < -0.39 is 10.0 Å². The number of sulfonamides is 1. The van der Waals surface area contributed by atoms with E-state index in [0.29, 0.717) is 6.54 Å². The summed E-state index contributed by atoms with van der Waals surface area (Å²) in [5.74, 6) is 0. The van der Waals surface area contributed by atoms with Crippen LogP contribution >= 0.6 is 36.4 Å². The molecular formula is C14H21Cl3N4O2S. The molecule has 0 bridgehead atoms. The number of nitrogens with zero attached hydrogens (tertiary/aromatic N) is 2. The summed E-state index contributed by atoms with van der Waals surface area (Å²) in [4.78, 5) is 2.37. The molecule has 6 nitrogen and oxygen atoms in total. The predicted octanol–water partition coefficient (Wildman–Crippen LogP) is 1.63. The SMILES string of the molecule is Cl.Cl.N#Cc1cc(S(=O)(=O)NCCCN2CCNCC2)ccc1Cl. The number of piperazine rings is 1. The van der Waals surface area contributed by atoms with E-state index in [1.54, 1.807) is 0 Å². The minimum Gasteiger partial charge on any atom is -0.314 e. The highest BCUT2D eigenvalue weighted by molar-refractivity contribution is 7.89. The largest absolute Gasteiger partial charge is 0.314 e. The topological polar surface area (TPSA) is 85.2 Å². The van der Waals surface area contributed by atoms with Crippen LogP contribution in [-0.4, -0.2) is 52.6 Å². The Labute approximate surface area is 160 Å². The average Bonchev–Trinajstić information content (AvgIpc) is 2.53. The van der Waals surface area contributed by atoms with Gasteiger partial charge in [-0.25, -0.2) is 13.1 Å². The molecule has 0 radical (unpaired) electrons. The second kappa shape index (κ2) is 11.1. The molecule has 1 aromatic carbocycles. The van der Waals surface area contributed by atoms with Gasteiger partial charge in [-0.15, -0.1) is 24.8 Å². The fourth-order valence-electron chi connectivity index (χ4n) is 2.28. The van der Waals surface area contributed by atoms with Crippen LogP contribution in [0.4, 0.5) is 0 Å². The van der Waals surface area contributed by atoms with Crippen LogP contribution in [0, 0.1) is 11.3 Å². The summed E-state index contributed by atoms with van der Waals surface area (Å²) in [6, 6.07) is 6.00. The van der Waals surface area contributed by atoms with E-state index in [2.05, 4.69) is 14.9 Å². The lowest BCUT2D eigenvalue weighted by Crippen LogP contribution is -2.44. The first-order valence-corrected chi connectivity index (χ1v) is 9.01. The quantitative estimate of drug-likeness (QED) is 0.690. The third-order valence-corrected chi connectivity index (χ3v) is 5.31. The second-order valence-corrected chi connectivity index (χ2v) is 7.27. The van der Waals surface area contributed by atoms with E-state index in [1.807, 2.05) is 6.07 Å². The smallest absolute Gasteiger partial charge is 0.240 e. The van der Waals surface area contributed by atoms with Gasteiger partial charge in [0.25, 0.3) is 0 Å². The van der Waals surface area contributed by atoms with Gasteiger partial charge in [-0.3, -0.25) is 0 Å². The predicted molar refractivity (Wildman–Crippen MR) is 99.8 cm³/mol. The van der Waals surface area contributed by atoms with Crippen molar-refractivity contribution < 1.29 is 8.42 Å². The highest BCUT2D eigenvalue weighted by Crippen LogP contribution is 2.19. The van der Waals surface area contributed by atoms with Gasteiger partial charge in [-0.05, 0) is 31.2 Å². The average molecular weight is 416 g/mol. The first-order chi connectivity index (χ1) is 10.5. The molecule has 0 aromatic heterocycles. The van der Waals surface area contributed by atoms with Gasteiger partial charge in [0.1, 0.15) is 6.07 Å². The normalized spacial score (nSPS) is 15.0. The second-order valence-electron chi connectivity index (χ2n) is 5.10. The van der Waals surface area contributed by atoms with E-state index in [-0.39, 0.29) is 40.3 Å². The van der Waals surface area contributed by atoms with Crippen molar-refractivity contribution in [3.05, 3.63) is 28.8 Å². The molecule has 0 aliphatic carbocycles. The van der Waals surface area contributed by atoms with E-state index in [1.165, 1.54) is 18.2 Å². The summed E-state index contributed by atoms with van der Waals surface area (Å²) in [5, 5.41) is 12.4. The van der Waals surface area contributed by atoms with Crippen LogP contribution in [-0.2, 0) is 10.0 Å². The van der Waals surface area contributed by atoms with Crippen molar-refractivity contribution >= 4 is 46.4 Å². The zero-order chi connectivity index (χ0) is 16.0. The van der Waals surface area contributed by atoms with Gasteiger partial charge in [0.2, 0.25) is 10.0 Å². The molecule has 1 fully saturated rings. The molecule has 1 aliphatic rings. The van der Waals surface area contributed by atoms with Gasteiger partial charge in [0.15, 0.2) is 0 Å². The first-order valence-electron chi connectivity index (χ1n) is 7.15. The number of nitriles is 1. The van der Waals surface area contributed by atoms with Crippen molar-refractivity contribution in [2.24, 2.45) is 0 Å². The molecule has 2 N–H and O–H groups in total. The Kier molecular flexibility index (Phi) is 10.8. The van der Waals surface area contributed by atoms with Crippen molar-refractivity contribution in [3.63, 3.8) is 0 Å². The van der Waals surface area contributed by atoms with E-state index in [4.69, 9.17) is 16.9 Å². The highest BCUT2D eigenvalue weighted by atomic mass is 35.5. The maximum absolute atomic E-state index is 12.2. The Morgan fingerprint density at radius 2 is 1.96 bits per heavy atom. The Hall–Kier alpha value is -0.590. The van der Waals surface area contributed by atoms with Crippen molar-refractivity contribution in [2.75, 3.05) is 39.3 Å². The zero-order valence-corrected chi connectivity index (χ0v) is 16.2. The minimum atomic E-state index is -3.60. The first kappa shape index (κ1) is 23.4. The van der Waals surface area contributed by atoms with Gasteiger partial charge in [-0.2, -0.15) is 5.26 Å². The summed E-state index contributed by atoms with van der Waals surface area (Å²) < 4.78 is 26.9. The van der Waals surface area contributed by atoms with Crippen molar-refractivity contribution in [1.82, 2.24) is 14.9 Å². The Morgan fingerprint density at radius 1 is 1.29 bits per heavy atom. The summed E-state index contributed by atoms with van der Waals surface area (Å²) >= 11 is 5.81. The summed E-state index contributed by atoms with van der Waals surface area (Å²) in [7, 11) is -3.60. The van der Waals surface area contributed by atoms with Crippen molar-refractivity contribution in [3.8, 4) is 6.07 Å². The Balaban J connectivity index is 0.00000264. The lowest BCUT2D eigenvalue weighted by atomic mass is 10.2. The molecule has 0 spiro atoms. The fraction of sp³-hybridized carbons (Fsp3) is 0.500.